The van der Waals surface area contributed by atoms with Gasteiger partial charge in [-0.2, -0.15) is 0 Å². The van der Waals surface area contributed by atoms with Gasteiger partial charge in [0.25, 0.3) is 5.91 Å². The van der Waals surface area contributed by atoms with Gasteiger partial charge >= 0.3 is 5.97 Å². The highest BCUT2D eigenvalue weighted by Gasteiger charge is 2.19. The maximum Gasteiger partial charge on any atom is 0.359 e. The number of nitrogens with zero attached hydrogens (tertiary/aromatic N) is 1. The number of hydrogen-bond acceptors (Lipinski definition) is 4. The second kappa shape index (κ2) is 8.52. The molecule has 1 aromatic carbocycles. The lowest BCUT2D eigenvalue weighted by molar-refractivity contribution is -0.119. The zero-order valence-electron chi connectivity index (χ0n) is 13.5. The van der Waals surface area contributed by atoms with Crippen molar-refractivity contribution in [1.82, 2.24) is 4.98 Å². The maximum absolute atomic E-state index is 12.1. The third-order valence-corrected chi connectivity index (χ3v) is 4.69. The molecule has 0 unspecified atom stereocenters. The number of rotatable bonds is 5. The Morgan fingerprint density at radius 2 is 1.92 bits per heavy atom. The standard InChI is InChI=1S/C17H15Cl3N2O3/c1-3-10-6-4-5-9(2)15(10)22-12(23)8-25-17(24)16-14(20)13(19)11(18)7-21-16/h4-7H,3,8H2,1-2H3,(H,22,23). The molecule has 25 heavy (non-hydrogen) atoms. The van der Waals surface area contributed by atoms with Gasteiger partial charge in [-0.3, -0.25) is 4.79 Å². The van der Waals surface area contributed by atoms with Crippen LogP contribution in [0.15, 0.2) is 24.4 Å². The summed E-state index contributed by atoms with van der Waals surface area (Å²) in [4.78, 5) is 27.9. The largest absolute Gasteiger partial charge is 0.451 e. The number of esters is 1. The van der Waals surface area contributed by atoms with Crippen LogP contribution in [0, 0.1) is 6.92 Å². The van der Waals surface area contributed by atoms with Crippen LogP contribution in [0.25, 0.3) is 0 Å². The van der Waals surface area contributed by atoms with E-state index in [0.29, 0.717) is 0 Å². The Bertz CT molecular complexity index is 825. The summed E-state index contributed by atoms with van der Waals surface area (Å²) in [5.41, 5.74) is 2.44. The minimum absolute atomic E-state index is 0.00207. The molecule has 5 nitrogen and oxygen atoms in total. The number of ether oxygens (including phenoxy) is 1. The fraction of sp³-hybridized carbons (Fsp3) is 0.235. The van der Waals surface area contributed by atoms with Crippen molar-refractivity contribution in [3.8, 4) is 0 Å². The minimum Gasteiger partial charge on any atom is -0.451 e. The van der Waals surface area contributed by atoms with E-state index < -0.39 is 18.5 Å². The number of nitrogens with one attached hydrogen (secondary N) is 1. The van der Waals surface area contributed by atoms with Gasteiger partial charge in [-0.05, 0) is 24.5 Å². The first-order valence-electron chi connectivity index (χ1n) is 7.40. The molecule has 2 rings (SSSR count). The molecule has 0 aliphatic carbocycles. The van der Waals surface area contributed by atoms with Gasteiger partial charge < -0.3 is 10.1 Å². The van der Waals surface area contributed by atoms with Crippen molar-refractivity contribution in [1.29, 1.82) is 0 Å². The number of carbonyl (C=O) groups is 2. The molecular formula is C17H15Cl3N2O3. The third-order valence-electron chi connectivity index (χ3n) is 3.45. The monoisotopic (exact) mass is 400 g/mol. The van der Waals surface area contributed by atoms with Crippen LogP contribution in [-0.4, -0.2) is 23.5 Å². The summed E-state index contributed by atoms with van der Waals surface area (Å²) < 4.78 is 4.95. The van der Waals surface area contributed by atoms with Crippen molar-refractivity contribution < 1.29 is 14.3 Å². The zero-order valence-corrected chi connectivity index (χ0v) is 15.8. The number of aryl methyl sites for hydroxylation is 2. The van der Waals surface area contributed by atoms with Crippen LogP contribution < -0.4 is 5.32 Å². The number of carbonyl (C=O) groups excluding carboxylic acids is 2. The first-order chi connectivity index (χ1) is 11.8. The van der Waals surface area contributed by atoms with E-state index in [2.05, 4.69) is 10.3 Å². The average Bonchev–Trinajstić information content (AvgIpc) is 2.59. The maximum atomic E-state index is 12.1. The molecule has 8 heteroatoms. The lowest BCUT2D eigenvalue weighted by Crippen LogP contribution is -2.22. The van der Waals surface area contributed by atoms with Gasteiger partial charge in [0.05, 0.1) is 15.1 Å². The Balaban J connectivity index is 2.04. The van der Waals surface area contributed by atoms with E-state index in [4.69, 9.17) is 39.5 Å². The molecule has 1 amide bonds. The van der Waals surface area contributed by atoms with Crippen molar-refractivity contribution >= 4 is 52.4 Å². The normalized spacial score (nSPS) is 10.4. The molecule has 0 aliphatic heterocycles. The lowest BCUT2D eigenvalue weighted by Gasteiger charge is -2.13. The van der Waals surface area contributed by atoms with E-state index in [9.17, 15) is 9.59 Å². The summed E-state index contributed by atoms with van der Waals surface area (Å²) in [6.07, 6.45) is 1.95. The summed E-state index contributed by atoms with van der Waals surface area (Å²) in [6, 6.07) is 5.73. The molecule has 132 valence electrons. The van der Waals surface area contributed by atoms with Crippen LogP contribution in [0.4, 0.5) is 5.69 Å². The van der Waals surface area contributed by atoms with E-state index in [0.717, 1.165) is 23.2 Å². The van der Waals surface area contributed by atoms with E-state index in [1.807, 2.05) is 32.0 Å². The van der Waals surface area contributed by atoms with Crippen molar-refractivity contribution in [3.63, 3.8) is 0 Å². The van der Waals surface area contributed by atoms with Crippen molar-refractivity contribution in [2.75, 3.05) is 11.9 Å². The molecule has 0 bridgehead atoms. The van der Waals surface area contributed by atoms with E-state index in [1.54, 1.807) is 0 Å². The fourth-order valence-corrected chi connectivity index (χ4v) is 2.72. The van der Waals surface area contributed by atoms with Crippen LogP contribution in [0.3, 0.4) is 0 Å². The molecule has 0 spiro atoms. The van der Waals surface area contributed by atoms with E-state index >= 15 is 0 Å². The number of amides is 1. The number of para-hydroxylation sites is 1. The zero-order chi connectivity index (χ0) is 18.6. The van der Waals surface area contributed by atoms with E-state index in [-0.39, 0.29) is 20.8 Å². The van der Waals surface area contributed by atoms with Crippen LogP contribution in [0.2, 0.25) is 15.1 Å². The average molecular weight is 402 g/mol. The molecule has 0 fully saturated rings. The van der Waals surface area contributed by atoms with Crippen LogP contribution in [0.1, 0.15) is 28.5 Å². The topological polar surface area (TPSA) is 68.3 Å². The SMILES string of the molecule is CCc1cccc(C)c1NC(=O)COC(=O)c1ncc(Cl)c(Cl)c1Cl. The second-order valence-corrected chi connectivity index (χ2v) is 6.33. The predicted octanol–water partition coefficient (Wildman–Crippen LogP) is 4.71. The molecule has 1 heterocycles. The Morgan fingerprint density at radius 3 is 2.60 bits per heavy atom. The van der Waals surface area contributed by atoms with Gasteiger partial charge in [0.15, 0.2) is 12.3 Å². The summed E-state index contributed by atoms with van der Waals surface area (Å²) in [5.74, 6) is -1.33. The number of pyridine rings is 1. The Morgan fingerprint density at radius 1 is 1.20 bits per heavy atom. The molecule has 2 aromatic rings. The number of hydrogen-bond donors (Lipinski definition) is 1. The summed E-state index contributed by atoms with van der Waals surface area (Å²) in [6.45, 7) is 3.40. The smallest absolute Gasteiger partial charge is 0.359 e. The molecule has 1 aromatic heterocycles. The van der Waals surface area contributed by atoms with E-state index in [1.165, 1.54) is 6.20 Å². The van der Waals surface area contributed by atoms with Gasteiger partial charge in [-0.15, -0.1) is 0 Å². The van der Waals surface area contributed by atoms with Gasteiger partial charge in [0.1, 0.15) is 0 Å². The summed E-state index contributed by atoms with van der Waals surface area (Å²) in [5, 5.41) is 2.76. The Kier molecular flexibility index (Phi) is 6.64. The Hall–Kier alpha value is -1.82. The molecule has 0 saturated carbocycles. The molecule has 0 radical (unpaired) electrons. The van der Waals surface area contributed by atoms with Crippen LogP contribution in [0.5, 0.6) is 0 Å². The molecule has 0 saturated heterocycles. The third kappa shape index (κ3) is 4.63. The number of halogens is 3. The molecule has 1 N–H and O–H groups in total. The quantitative estimate of drug-likeness (QED) is 0.737. The van der Waals surface area contributed by atoms with Crippen LogP contribution >= 0.6 is 34.8 Å². The highest BCUT2D eigenvalue weighted by molar-refractivity contribution is 6.48. The predicted molar refractivity (Wildman–Crippen MR) is 98.7 cm³/mol. The molecule has 0 atom stereocenters. The first kappa shape index (κ1) is 19.5. The minimum atomic E-state index is -0.862. The number of aromatic nitrogens is 1. The van der Waals surface area contributed by atoms with Gasteiger partial charge in [-0.25, -0.2) is 9.78 Å². The highest BCUT2D eigenvalue weighted by atomic mass is 35.5. The molecular weight excluding hydrogens is 387 g/mol. The number of anilines is 1. The van der Waals surface area contributed by atoms with Crippen LogP contribution in [-0.2, 0) is 16.0 Å². The fourth-order valence-electron chi connectivity index (χ4n) is 2.16. The summed E-state index contributed by atoms with van der Waals surface area (Å²) >= 11 is 17.5. The highest BCUT2D eigenvalue weighted by Crippen LogP contribution is 2.31. The van der Waals surface area contributed by atoms with Gasteiger partial charge in [0.2, 0.25) is 0 Å². The van der Waals surface area contributed by atoms with Crippen molar-refractivity contribution in [2.24, 2.45) is 0 Å². The van der Waals surface area contributed by atoms with Gasteiger partial charge in [-0.1, -0.05) is 59.9 Å². The van der Waals surface area contributed by atoms with Crippen molar-refractivity contribution in [2.45, 2.75) is 20.3 Å². The summed E-state index contributed by atoms with van der Waals surface area (Å²) in [7, 11) is 0. The second-order valence-electron chi connectivity index (χ2n) is 5.17. The Labute approximate surface area is 160 Å². The lowest BCUT2D eigenvalue weighted by atomic mass is 10.1. The first-order valence-corrected chi connectivity index (χ1v) is 8.53. The number of benzene rings is 1. The molecule has 0 aliphatic rings. The van der Waals surface area contributed by atoms with Crippen molar-refractivity contribution in [3.05, 3.63) is 56.3 Å². The van der Waals surface area contributed by atoms with Gasteiger partial charge in [0, 0.05) is 11.9 Å².